The van der Waals surface area contributed by atoms with E-state index in [1.54, 1.807) is 6.20 Å². The molecule has 5 rings (SSSR count). The average molecular weight is 424 g/mol. The van der Waals surface area contributed by atoms with Crippen LogP contribution < -0.4 is 5.32 Å². The molecule has 1 aliphatic rings. The van der Waals surface area contributed by atoms with Crippen molar-refractivity contribution in [1.82, 2.24) is 19.7 Å². The first kappa shape index (κ1) is 20.0. The number of benzene rings is 2. The van der Waals surface area contributed by atoms with Crippen LogP contribution in [0.5, 0.6) is 0 Å². The van der Waals surface area contributed by atoms with Crippen molar-refractivity contribution in [2.75, 3.05) is 11.9 Å². The molecule has 2 aromatic carbocycles. The molecule has 0 bridgehead atoms. The number of pyridine rings is 1. The summed E-state index contributed by atoms with van der Waals surface area (Å²) in [5, 5.41) is 8.52. The van der Waals surface area contributed by atoms with Gasteiger partial charge in [0.2, 0.25) is 0 Å². The fourth-order valence-electron chi connectivity index (χ4n) is 4.23. The number of nitrogens with one attached hydrogen (secondary N) is 1. The van der Waals surface area contributed by atoms with E-state index in [-0.39, 0.29) is 12.1 Å². The van der Waals surface area contributed by atoms with Crippen LogP contribution in [0.25, 0.3) is 11.3 Å². The molecule has 0 aliphatic carbocycles. The van der Waals surface area contributed by atoms with Gasteiger partial charge in [-0.05, 0) is 36.2 Å². The van der Waals surface area contributed by atoms with Gasteiger partial charge in [0.05, 0.1) is 12.1 Å². The number of hydrogen-bond donors (Lipinski definition) is 1. The van der Waals surface area contributed by atoms with Gasteiger partial charge < -0.3 is 10.2 Å². The van der Waals surface area contributed by atoms with E-state index in [2.05, 4.69) is 35.6 Å². The number of rotatable bonds is 6. The fourth-order valence-corrected chi connectivity index (χ4v) is 4.23. The van der Waals surface area contributed by atoms with Crippen molar-refractivity contribution in [1.29, 1.82) is 0 Å². The molecule has 6 nitrogen and oxygen atoms in total. The van der Waals surface area contributed by atoms with Gasteiger partial charge in [0.1, 0.15) is 11.9 Å². The number of fused-ring (bicyclic) bond motifs is 1. The highest BCUT2D eigenvalue weighted by molar-refractivity contribution is 6.01. The van der Waals surface area contributed by atoms with E-state index in [9.17, 15) is 4.79 Å². The van der Waals surface area contributed by atoms with Crippen LogP contribution in [0.4, 0.5) is 5.69 Å². The lowest BCUT2D eigenvalue weighted by Gasteiger charge is -2.37. The van der Waals surface area contributed by atoms with Gasteiger partial charge in [-0.1, -0.05) is 49.4 Å². The number of hydrogen-bond acceptors (Lipinski definition) is 4. The lowest BCUT2D eigenvalue weighted by Crippen LogP contribution is -2.43. The van der Waals surface area contributed by atoms with Crippen molar-refractivity contribution in [3.05, 3.63) is 102 Å². The Morgan fingerprint density at radius 1 is 1.00 bits per heavy atom. The zero-order chi connectivity index (χ0) is 21.9. The number of carbonyl (C=O) groups excluding carboxylic acids is 1. The topological polar surface area (TPSA) is 63.1 Å². The summed E-state index contributed by atoms with van der Waals surface area (Å²) in [6.07, 6.45) is 6.19. The zero-order valence-electron chi connectivity index (χ0n) is 18.0. The summed E-state index contributed by atoms with van der Waals surface area (Å²) >= 11 is 0. The monoisotopic (exact) mass is 423 g/mol. The van der Waals surface area contributed by atoms with E-state index in [4.69, 9.17) is 5.10 Å². The van der Waals surface area contributed by atoms with Crippen molar-refractivity contribution >= 4 is 11.6 Å². The molecular formula is C26H25N5O. The summed E-state index contributed by atoms with van der Waals surface area (Å²) in [6.45, 7) is 3.39. The number of para-hydroxylation sites is 1. The molecule has 3 heterocycles. The SMILES string of the molecule is CCCN1C(=O)c2ccccc2N[C@@H]1c1cn(Cc2ccccc2)nc1-c1cccnc1. The summed E-state index contributed by atoms with van der Waals surface area (Å²) in [5.41, 5.74) is 5.45. The van der Waals surface area contributed by atoms with Crippen molar-refractivity contribution in [2.45, 2.75) is 26.1 Å². The number of nitrogens with zero attached hydrogens (tertiary/aromatic N) is 4. The third-order valence-electron chi connectivity index (χ3n) is 5.69. The van der Waals surface area contributed by atoms with E-state index < -0.39 is 0 Å². The van der Waals surface area contributed by atoms with E-state index in [0.29, 0.717) is 18.7 Å². The van der Waals surface area contributed by atoms with Gasteiger partial charge in [-0.25, -0.2) is 0 Å². The summed E-state index contributed by atoms with van der Waals surface area (Å²) in [6, 6.07) is 21.9. The van der Waals surface area contributed by atoms with Gasteiger partial charge in [-0.15, -0.1) is 0 Å². The van der Waals surface area contributed by atoms with Crippen LogP contribution in [0.15, 0.2) is 85.3 Å². The third-order valence-corrected chi connectivity index (χ3v) is 5.69. The number of anilines is 1. The molecule has 32 heavy (non-hydrogen) atoms. The minimum absolute atomic E-state index is 0.0409. The van der Waals surface area contributed by atoms with Crippen LogP contribution >= 0.6 is 0 Å². The van der Waals surface area contributed by atoms with Crippen LogP contribution in [0.2, 0.25) is 0 Å². The Kier molecular flexibility index (Phi) is 5.42. The molecule has 1 atom stereocenters. The largest absolute Gasteiger partial charge is 0.361 e. The lowest BCUT2D eigenvalue weighted by molar-refractivity contribution is 0.0683. The molecule has 0 unspecified atom stereocenters. The molecule has 4 aromatic rings. The molecule has 6 heteroatoms. The molecule has 0 saturated carbocycles. The molecular weight excluding hydrogens is 398 g/mol. The summed E-state index contributed by atoms with van der Waals surface area (Å²) in [5.74, 6) is 0.0409. The van der Waals surface area contributed by atoms with Gasteiger partial charge in [0.15, 0.2) is 0 Å². The predicted octanol–water partition coefficient (Wildman–Crippen LogP) is 4.97. The Hall–Kier alpha value is -3.93. The highest BCUT2D eigenvalue weighted by Gasteiger charge is 2.34. The zero-order valence-corrected chi connectivity index (χ0v) is 18.0. The smallest absolute Gasteiger partial charge is 0.257 e. The second kappa shape index (κ2) is 8.67. The average Bonchev–Trinajstić information content (AvgIpc) is 3.25. The Bertz CT molecular complexity index is 1220. The Balaban J connectivity index is 1.61. The molecule has 0 spiro atoms. The van der Waals surface area contributed by atoms with Gasteiger partial charge >= 0.3 is 0 Å². The molecule has 160 valence electrons. The third kappa shape index (κ3) is 3.75. The summed E-state index contributed by atoms with van der Waals surface area (Å²) in [7, 11) is 0. The minimum Gasteiger partial charge on any atom is -0.361 e. The Labute approximate surface area is 187 Å². The molecule has 1 amide bonds. The van der Waals surface area contributed by atoms with Gasteiger partial charge in [-0.2, -0.15) is 5.10 Å². The minimum atomic E-state index is -0.308. The van der Waals surface area contributed by atoms with Crippen molar-refractivity contribution in [2.24, 2.45) is 0 Å². The standard InChI is InChI=1S/C26H25N5O/c1-2-15-31-25(28-23-13-7-6-12-21(23)26(31)32)22-18-30(17-19-9-4-3-5-10-19)29-24(22)20-11-8-14-27-16-20/h3-14,16,18,25,28H,2,15,17H2,1H3/t25-/m0/s1. The molecule has 0 saturated heterocycles. The fraction of sp³-hybridized carbons (Fsp3) is 0.192. The number of amides is 1. The molecule has 0 radical (unpaired) electrons. The molecule has 1 aliphatic heterocycles. The van der Waals surface area contributed by atoms with Crippen molar-refractivity contribution < 1.29 is 4.79 Å². The van der Waals surface area contributed by atoms with Crippen LogP contribution in [-0.2, 0) is 6.54 Å². The van der Waals surface area contributed by atoms with Gasteiger partial charge in [0.25, 0.3) is 5.91 Å². The first-order valence-corrected chi connectivity index (χ1v) is 10.9. The van der Waals surface area contributed by atoms with E-state index in [0.717, 1.165) is 28.9 Å². The van der Waals surface area contributed by atoms with E-state index >= 15 is 0 Å². The highest BCUT2D eigenvalue weighted by Crippen LogP contribution is 2.37. The second-order valence-corrected chi connectivity index (χ2v) is 7.95. The van der Waals surface area contributed by atoms with Crippen LogP contribution in [0, 0.1) is 0 Å². The summed E-state index contributed by atoms with van der Waals surface area (Å²) < 4.78 is 1.95. The maximum Gasteiger partial charge on any atom is 0.257 e. The lowest BCUT2D eigenvalue weighted by atomic mass is 10.0. The van der Waals surface area contributed by atoms with Gasteiger partial charge in [-0.3, -0.25) is 14.5 Å². The van der Waals surface area contributed by atoms with Crippen LogP contribution in [0.1, 0.15) is 41.0 Å². The molecule has 0 fully saturated rings. The summed E-state index contributed by atoms with van der Waals surface area (Å²) in [4.78, 5) is 19.6. The van der Waals surface area contributed by atoms with E-state index in [1.165, 1.54) is 5.56 Å². The molecule has 2 aromatic heterocycles. The predicted molar refractivity (Wildman–Crippen MR) is 125 cm³/mol. The van der Waals surface area contributed by atoms with E-state index in [1.807, 2.05) is 70.4 Å². The first-order valence-electron chi connectivity index (χ1n) is 10.9. The van der Waals surface area contributed by atoms with Gasteiger partial charge in [0, 0.05) is 41.9 Å². The Morgan fingerprint density at radius 2 is 1.81 bits per heavy atom. The van der Waals surface area contributed by atoms with Crippen molar-refractivity contribution in [3.63, 3.8) is 0 Å². The Morgan fingerprint density at radius 3 is 2.59 bits per heavy atom. The second-order valence-electron chi connectivity index (χ2n) is 7.95. The maximum absolute atomic E-state index is 13.4. The normalized spacial score (nSPS) is 15.3. The quantitative estimate of drug-likeness (QED) is 0.476. The molecule has 1 N–H and O–H groups in total. The van der Waals surface area contributed by atoms with Crippen LogP contribution in [0.3, 0.4) is 0 Å². The van der Waals surface area contributed by atoms with Crippen molar-refractivity contribution in [3.8, 4) is 11.3 Å². The van der Waals surface area contributed by atoms with Crippen LogP contribution in [-0.4, -0.2) is 32.1 Å². The highest BCUT2D eigenvalue weighted by atomic mass is 16.2. The number of aromatic nitrogens is 3. The first-order chi connectivity index (χ1) is 15.7. The number of carbonyl (C=O) groups is 1. The maximum atomic E-state index is 13.4.